The second-order valence-corrected chi connectivity index (χ2v) is 9.00. The topological polar surface area (TPSA) is 87.8 Å². The van der Waals surface area contributed by atoms with E-state index >= 15 is 0 Å². The minimum Gasteiger partial charge on any atom is -0.408 e. The van der Waals surface area contributed by atoms with Crippen molar-refractivity contribution >= 4 is 26.8 Å². The molecular weight excluding hydrogens is 411 g/mol. The van der Waals surface area contributed by atoms with E-state index in [0.717, 1.165) is 13.1 Å². The summed E-state index contributed by atoms with van der Waals surface area (Å²) in [6, 6.07) is 11.0. The summed E-state index contributed by atoms with van der Waals surface area (Å²) >= 11 is 0. The summed E-state index contributed by atoms with van der Waals surface area (Å²) in [4.78, 5) is 15.8. The highest BCUT2D eigenvalue weighted by molar-refractivity contribution is 7.89. The number of rotatable bonds is 6. The number of benzene rings is 2. The maximum atomic E-state index is 13.9. The van der Waals surface area contributed by atoms with E-state index < -0.39 is 15.8 Å². The number of para-hydroxylation sites is 1. The van der Waals surface area contributed by atoms with Crippen LogP contribution in [-0.2, 0) is 17.1 Å². The van der Waals surface area contributed by atoms with Crippen LogP contribution in [0.4, 0.5) is 10.1 Å². The van der Waals surface area contributed by atoms with Gasteiger partial charge in [0.05, 0.1) is 16.1 Å². The Balaban J connectivity index is 1.33. The molecule has 2 heterocycles. The first-order valence-corrected chi connectivity index (χ1v) is 11.1. The fourth-order valence-electron chi connectivity index (χ4n) is 3.62. The van der Waals surface area contributed by atoms with Gasteiger partial charge in [-0.25, -0.2) is 22.3 Å². The summed E-state index contributed by atoms with van der Waals surface area (Å²) in [7, 11) is -2.19. The lowest BCUT2D eigenvalue weighted by molar-refractivity contribution is 0.261. The molecule has 30 heavy (non-hydrogen) atoms. The van der Waals surface area contributed by atoms with Gasteiger partial charge in [-0.1, -0.05) is 12.1 Å². The van der Waals surface area contributed by atoms with Crippen molar-refractivity contribution in [3.8, 4) is 0 Å². The van der Waals surface area contributed by atoms with Crippen LogP contribution >= 0.6 is 0 Å². The Kier molecular flexibility index (Phi) is 5.63. The van der Waals surface area contributed by atoms with Crippen LogP contribution in [0.5, 0.6) is 0 Å². The van der Waals surface area contributed by atoms with E-state index in [2.05, 4.69) is 9.62 Å². The highest BCUT2D eigenvalue weighted by Crippen LogP contribution is 2.20. The molecule has 0 spiro atoms. The predicted octanol–water partition coefficient (Wildman–Crippen LogP) is 1.37. The molecule has 1 N–H and O–H groups in total. The predicted molar refractivity (Wildman–Crippen MR) is 112 cm³/mol. The number of nitrogens with one attached hydrogen (secondary N) is 1. The number of aryl methyl sites for hydroxylation is 1. The molecule has 8 nitrogen and oxygen atoms in total. The van der Waals surface area contributed by atoms with Crippen molar-refractivity contribution < 1.29 is 17.2 Å². The van der Waals surface area contributed by atoms with Gasteiger partial charge in [0, 0.05) is 46.3 Å². The molecule has 10 heteroatoms. The minimum absolute atomic E-state index is 0.0794. The Morgan fingerprint density at radius 3 is 2.57 bits per heavy atom. The summed E-state index contributed by atoms with van der Waals surface area (Å²) in [6.45, 7) is 3.61. The molecule has 0 unspecified atom stereocenters. The van der Waals surface area contributed by atoms with Gasteiger partial charge in [-0.3, -0.25) is 9.47 Å². The molecule has 1 fully saturated rings. The van der Waals surface area contributed by atoms with Crippen LogP contribution in [0.3, 0.4) is 0 Å². The fourth-order valence-corrected chi connectivity index (χ4v) is 4.66. The Bertz CT molecular complexity index is 1210. The third kappa shape index (κ3) is 4.11. The van der Waals surface area contributed by atoms with Gasteiger partial charge < -0.3 is 9.32 Å². The largest absolute Gasteiger partial charge is 0.419 e. The lowest BCUT2D eigenvalue weighted by Crippen LogP contribution is -2.48. The monoisotopic (exact) mass is 434 g/mol. The smallest absolute Gasteiger partial charge is 0.408 e. The summed E-state index contributed by atoms with van der Waals surface area (Å²) in [6.07, 6.45) is 0. The van der Waals surface area contributed by atoms with Gasteiger partial charge >= 0.3 is 5.76 Å². The number of aromatic nitrogens is 1. The average Bonchev–Trinajstić information content (AvgIpc) is 3.02. The molecule has 1 aliphatic heterocycles. The first-order chi connectivity index (χ1) is 14.3. The second kappa shape index (κ2) is 8.21. The van der Waals surface area contributed by atoms with Crippen LogP contribution in [0.15, 0.2) is 56.6 Å². The van der Waals surface area contributed by atoms with Gasteiger partial charge in [0.1, 0.15) is 5.82 Å². The Labute approximate surface area is 173 Å². The van der Waals surface area contributed by atoms with E-state index in [1.807, 2.05) is 11.0 Å². The first kappa shape index (κ1) is 20.6. The maximum Gasteiger partial charge on any atom is 0.419 e. The summed E-state index contributed by atoms with van der Waals surface area (Å²) in [5.41, 5.74) is 1.36. The summed E-state index contributed by atoms with van der Waals surface area (Å²) < 4.78 is 48.1. The quantitative estimate of drug-likeness (QED) is 0.631. The van der Waals surface area contributed by atoms with Gasteiger partial charge in [-0.15, -0.1) is 0 Å². The number of anilines is 1. The van der Waals surface area contributed by atoms with Gasteiger partial charge in [0.25, 0.3) is 0 Å². The van der Waals surface area contributed by atoms with Gasteiger partial charge in [0.2, 0.25) is 10.0 Å². The van der Waals surface area contributed by atoms with Gasteiger partial charge in [-0.2, -0.15) is 0 Å². The molecule has 0 saturated carbocycles. The Hall–Kier alpha value is -2.69. The summed E-state index contributed by atoms with van der Waals surface area (Å²) in [5, 5.41) is 0. The number of oxazole rings is 1. The minimum atomic E-state index is -3.71. The molecule has 4 rings (SSSR count). The molecule has 0 amide bonds. The number of nitrogens with zero attached hydrogens (tertiary/aromatic N) is 3. The molecule has 1 aliphatic rings. The van der Waals surface area contributed by atoms with Crippen LogP contribution in [-0.4, -0.2) is 57.2 Å². The Morgan fingerprint density at radius 1 is 1.10 bits per heavy atom. The van der Waals surface area contributed by atoms with E-state index in [4.69, 9.17) is 4.42 Å². The van der Waals surface area contributed by atoms with Crippen molar-refractivity contribution in [2.24, 2.45) is 7.05 Å². The standard InChI is InChI=1S/C20H23FN4O4S/c1-23-18-14-15(6-7-19(18)29-20(23)26)30(27,28)22-8-9-24-10-12-25(13-11-24)17-5-3-2-4-16(17)21/h2-7,14,22H,8-13H2,1H3. The number of sulfonamides is 1. The zero-order valence-corrected chi connectivity index (χ0v) is 17.4. The van der Waals surface area contributed by atoms with E-state index in [-0.39, 0.29) is 17.3 Å². The van der Waals surface area contributed by atoms with Crippen molar-refractivity contribution in [1.29, 1.82) is 0 Å². The van der Waals surface area contributed by atoms with Crippen LogP contribution in [0.1, 0.15) is 0 Å². The third-order valence-electron chi connectivity index (χ3n) is 5.36. The second-order valence-electron chi connectivity index (χ2n) is 7.23. The molecule has 0 aliphatic carbocycles. The van der Waals surface area contributed by atoms with E-state index in [0.29, 0.717) is 36.4 Å². The molecule has 3 aromatic rings. The zero-order valence-electron chi connectivity index (χ0n) is 16.5. The fraction of sp³-hybridized carbons (Fsp3) is 0.350. The molecule has 0 bridgehead atoms. The highest BCUT2D eigenvalue weighted by Gasteiger charge is 2.21. The van der Waals surface area contributed by atoms with Gasteiger partial charge in [-0.05, 0) is 30.3 Å². The third-order valence-corrected chi connectivity index (χ3v) is 6.82. The van der Waals surface area contributed by atoms with E-state index in [9.17, 15) is 17.6 Å². The number of hydrogen-bond acceptors (Lipinski definition) is 6. The molecule has 2 aromatic carbocycles. The lowest BCUT2D eigenvalue weighted by atomic mass is 10.2. The number of piperazine rings is 1. The molecule has 0 atom stereocenters. The van der Waals surface area contributed by atoms with Crippen LogP contribution in [0.25, 0.3) is 11.1 Å². The summed E-state index contributed by atoms with van der Waals surface area (Å²) in [5.74, 6) is -0.771. The van der Waals surface area contributed by atoms with Crippen molar-refractivity contribution in [2.45, 2.75) is 4.90 Å². The van der Waals surface area contributed by atoms with E-state index in [1.54, 1.807) is 12.1 Å². The first-order valence-electron chi connectivity index (χ1n) is 9.66. The molecular formula is C20H23FN4O4S. The Morgan fingerprint density at radius 2 is 1.83 bits per heavy atom. The van der Waals surface area contributed by atoms with Crippen LogP contribution < -0.4 is 15.4 Å². The van der Waals surface area contributed by atoms with Crippen LogP contribution in [0.2, 0.25) is 0 Å². The number of halogens is 1. The maximum absolute atomic E-state index is 13.9. The number of fused-ring (bicyclic) bond motifs is 1. The van der Waals surface area contributed by atoms with Crippen molar-refractivity contribution in [2.75, 3.05) is 44.2 Å². The molecule has 1 aromatic heterocycles. The average molecular weight is 434 g/mol. The molecule has 0 radical (unpaired) electrons. The van der Waals surface area contributed by atoms with Gasteiger partial charge in [0.15, 0.2) is 5.58 Å². The van der Waals surface area contributed by atoms with Crippen molar-refractivity contribution in [3.63, 3.8) is 0 Å². The zero-order chi connectivity index (χ0) is 21.3. The normalized spacial score (nSPS) is 15.7. The van der Waals surface area contributed by atoms with Crippen molar-refractivity contribution in [3.05, 3.63) is 58.8 Å². The molecule has 1 saturated heterocycles. The highest BCUT2D eigenvalue weighted by atomic mass is 32.2. The van der Waals surface area contributed by atoms with Crippen molar-refractivity contribution in [1.82, 2.24) is 14.2 Å². The lowest BCUT2D eigenvalue weighted by Gasteiger charge is -2.36. The number of hydrogen-bond donors (Lipinski definition) is 1. The van der Waals surface area contributed by atoms with E-state index in [1.165, 1.54) is 35.9 Å². The molecule has 160 valence electrons. The van der Waals surface area contributed by atoms with Crippen LogP contribution in [0, 0.1) is 5.82 Å². The SMILES string of the molecule is Cn1c(=O)oc2ccc(S(=O)(=O)NCCN3CCN(c4ccccc4F)CC3)cc21.